The average Bonchev–Trinajstić information content (AvgIpc) is 2.94. The smallest absolute Gasteiger partial charge is 0.251 e. The molecule has 1 aromatic heterocycles. The molecule has 146 valence electrons. The first-order valence-corrected chi connectivity index (χ1v) is 9.77. The zero-order valence-corrected chi connectivity index (χ0v) is 17.5. The molecule has 0 aliphatic carbocycles. The first-order valence-electron chi connectivity index (χ1n) is 9.39. The van der Waals surface area contributed by atoms with Crippen molar-refractivity contribution in [3.05, 3.63) is 87.7 Å². The summed E-state index contributed by atoms with van der Waals surface area (Å²) >= 11 is 6.28. The first kappa shape index (κ1) is 20.2. The van der Waals surface area contributed by atoms with Crippen LogP contribution < -0.4 is 5.32 Å². The van der Waals surface area contributed by atoms with Crippen LogP contribution in [0.3, 0.4) is 0 Å². The second-order valence-electron chi connectivity index (χ2n) is 7.89. The number of rotatable bonds is 6. The van der Waals surface area contributed by atoms with Gasteiger partial charge in [0.1, 0.15) is 0 Å². The van der Waals surface area contributed by atoms with Gasteiger partial charge in [0.05, 0.1) is 12.2 Å². The lowest BCUT2D eigenvalue weighted by atomic mass is 9.94. The zero-order chi connectivity index (χ0) is 20.3. The van der Waals surface area contributed by atoms with Gasteiger partial charge in [0, 0.05) is 21.8 Å². The van der Waals surface area contributed by atoms with E-state index in [1.165, 1.54) is 0 Å². The van der Waals surface area contributed by atoms with Gasteiger partial charge in [-0.05, 0) is 69.5 Å². The number of aromatic nitrogens is 2. The molecule has 1 N–H and O–H groups in total. The number of carbonyl (C=O) groups is 1. The lowest BCUT2D eigenvalue weighted by Crippen LogP contribution is -2.45. The third-order valence-electron chi connectivity index (χ3n) is 4.67. The maximum atomic E-state index is 12.8. The number of hydrogen-bond acceptors (Lipinski definition) is 2. The van der Waals surface area contributed by atoms with Crippen LogP contribution in [0.4, 0.5) is 0 Å². The molecule has 0 fully saturated rings. The van der Waals surface area contributed by atoms with Gasteiger partial charge in [-0.25, -0.2) is 0 Å². The normalized spacial score (nSPS) is 11.5. The summed E-state index contributed by atoms with van der Waals surface area (Å²) in [4.78, 5) is 12.8. The minimum atomic E-state index is -0.423. The Balaban J connectivity index is 1.72. The van der Waals surface area contributed by atoms with E-state index in [0.717, 1.165) is 27.5 Å². The average molecular weight is 396 g/mol. The van der Waals surface area contributed by atoms with Gasteiger partial charge in [-0.3, -0.25) is 9.48 Å². The van der Waals surface area contributed by atoms with Crippen molar-refractivity contribution in [3.8, 4) is 0 Å². The minimum Gasteiger partial charge on any atom is -0.347 e. The predicted molar refractivity (Wildman–Crippen MR) is 114 cm³/mol. The Bertz CT molecular complexity index is 991. The molecule has 2 aromatic carbocycles. The van der Waals surface area contributed by atoms with Crippen molar-refractivity contribution in [3.63, 3.8) is 0 Å². The minimum absolute atomic E-state index is 0.0905. The maximum absolute atomic E-state index is 12.8. The SMILES string of the molecule is Cc1cc(C)n(Cc2cccc(C(=O)NC(C)(C)Cc3ccccc3Cl)c2)n1. The molecule has 0 aliphatic rings. The summed E-state index contributed by atoms with van der Waals surface area (Å²) in [5, 5.41) is 8.35. The second-order valence-corrected chi connectivity index (χ2v) is 8.30. The molecule has 0 spiro atoms. The van der Waals surface area contributed by atoms with Gasteiger partial charge in [-0.2, -0.15) is 5.10 Å². The molecule has 0 saturated carbocycles. The Labute approximate surface area is 171 Å². The van der Waals surface area contributed by atoms with Gasteiger partial charge in [-0.1, -0.05) is 41.9 Å². The summed E-state index contributed by atoms with van der Waals surface area (Å²) in [6.45, 7) is 8.67. The highest BCUT2D eigenvalue weighted by molar-refractivity contribution is 6.31. The maximum Gasteiger partial charge on any atom is 0.251 e. The topological polar surface area (TPSA) is 46.9 Å². The highest BCUT2D eigenvalue weighted by Gasteiger charge is 2.23. The fourth-order valence-electron chi connectivity index (χ4n) is 3.36. The van der Waals surface area contributed by atoms with E-state index in [2.05, 4.69) is 10.4 Å². The number of amides is 1. The molecule has 0 bridgehead atoms. The molecular weight excluding hydrogens is 370 g/mol. The molecule has 1 heterocycles. The van der Waals surface area contributed by atoms with E-state index in [9.17, 15) is 4.79 Å². The van der Waals surface area contributed by atoms with E-state index in [-0.39, 0.29) is 5.91 Å². The van der Waals surface area contributed by atoms with E-state index in [1.807, 2.05) is 87.0 Å². The Morgan fingerprint density at radius 3 is 2.54 bits per heavy atom. The Kier molecular flexibility index (Phi) is 5.90. The number of carbonyl (C=O) groups excluding carboxylic acids is 1. The molecule has 0 aliphatic heterocycles. The lowest BCUT2D eigenvalue weighted by molar-refractivity contribution is 0.0913. The van der Waals surface area contributed by atoms with Gasteiger partial charge >= 0.3 is 0 Å². The van der Waals surface area contributed by atoms with Crippen LogP contribution in [0.15, 0.2) is 54.6 Å². The van der Waals surface area contributed by atoms with Crippen LogP contribution in [-0.2, 0) is 13.0 Å². The molecule has 1 amide bonds. The summed E-state index contributed by atoms with van der Waals surface area (Å²) in [5.41, 5.74) is 4.39. The lowest BCUT2D eigenvalue weighted by Gasteiger charge is -2.27. The number of nitrogens with zero attached hydrogens (tertiary/aromatic N) is 2. The third kappa shape index (κ3) is 5.02. The monoisotopic (exact) mass is 395 g/mol. The van der Waals surface area contributed by atoms with Crippen LogP contribution >= 0.6 is 11.6 Å². The van der Waals surface area contributed by atoms with Gasteiger partial charge in [0.2, 0.25) is 0 Å². The standard InChI is InChI=1S/C23H26ClN3O/c1-16-12-17(2)27(26-16)15-18-8-7-10-19(13-18)22(28)25-23(3,4)14-20-9-5-6-11-21(20)24/h5-13H,14-15H2,1-4H3,(H,25,28). The highest BCUT2D eigenvalue weighted by atomic mass is 35.5. The van der Waals surface area contributed by atoms with E-state index >= 15 is 0 Å². The largest absolute Gasteiger partial charge is 0.347 e. The molecule has 28 heavy (non-hydrogen) atoms. The van der Waals surface area contributed by atoms with Crippen molar-refractivity contribution in [1.29, 1.82) is 0 Å². The van der Waals surface area contributed by atoms with Gasteiger partial charge in [0.15, 0.2) is 0 Å². The molecule has 4 nitrogen and oxygen atoms in total. The van der Waals surface area contributed by atoms with Crippen molar-refractivity contribution < 1.29 is 4.79 Å². The fourth-order valence-corrected chi connectivity index (χ4v) is 3.56. The molecule has 5 heteroatoms. The van der Waals surface area contributed by atoms with Crippen LogP contribution in [0.5, 0.6) is 0 Å². The zero-order valence-electron chi connectivity index (χ0n) is 16.8. The number of nitrogens with one attached hydrogen (secondary N) is 1. The third-order valence-corrected chi connectivity index (χ3v) is 5.04. The van der Waals surface area contributed by atoms with Crippen molar-refractivity contribution in [2.24, 2.45) is 0 Å². The number of halogens is 1. The van der Waals surface area contributed by atoms with Crippen molar-refractivity contribution in [1.82, 2.24) is 15.1 Å². The molecule has 0 radical (unpaired) electrons. The van der Waals surface area contributed by atoms with Crippen LogP contribution in [0.25, 0.3) is 0 Å². The van der Waals surface area contributed by atoms with Crippen molar-refractivity contribution in [2.75, 3.05) is 0 Å². The summed E-state index contributed by atoms with van der Waals surface area (Å²) in [7, 11) is 0. The van der Waals surface area contributed by atoms with E-state index in [0.29, 0.717) is 18.5 Å². The molecule has 3 rings (SSSR count). The molecule has 3 aromatic rings. The van der Waals surface area contributed by atoms with Gasteiger partial charge in [0.25, 0.3) is 5.91 Å². The highest BCUT2D eigenvalue weighted by Crippen LogP contribution is 2.21. The van der Waals surface area contributed by atoms with Crippen molar-refractivity contribution in [2.45, 2.75) is 46.2 Å². The molecule has 0 saturated heterocycles. The van der Waals surface area contributed by atoms with Crippen LogP contribution in [-0.4, -0.2) is 21.2 Å². The summed E-state index contributed by atoms with van der Waals surface area (Å²) < 4.78 is 1.95. The Morgan fingerprint density at radius 1 is 1.11 bits per heavy atom. The summed E-state index contributed by atoms with van der Waals surface area (Å²) in [6.07, 6.45) is 0.657. The molecular formula is C23H26ClN3O. The Morgan fingerprint density at radius 2 is 1.86 bits per heavy atom. The van der Waals surface area contributed by atoms with Crippen LogP contribution in [0.1, 0.15) is 46.7 Å². The quantitative estimate of drug-likeness (QED) is 0.641. The van der Waals surface area contributed by atoms with E-state index < -0.39 is 5.54 Å². The number of hydrogen-bond donors (Lipinski definition) is 1. The number of aryl methyl sites for hydroxylation is 2. The van der Waals surface area contributed by atoms with Gasteiger partial charge in [-0.15, -0.1) is 0 Å². The molecule has 0 atom stereocenters. The second kappa shape index (κ2) is 8.19. The summed E-state index contributed by atoms with van der Waals surface area (Å²) in [6, 6.07) is 17.5. The Hall–Kier alpha value is -2.59. The first-order chi connectivity index (χ1) is 13.2. The summed E-state index contributed by atoms with van der Waals surface area (Å²) in [5.74, 6) is -0.0905. The predicted octanol–water partition coefficient (Wildman–Crippen LogP) is 4.95. The molecule has 0 unspecified atom stereocenters. The van der Waals surface area contributed by atoms with Gasteiger partial charge < -0.3 is 5.32 Å². The number of benzene rings is 2. The van der Waals surface area contributed by atoms with E-state index in [4.69, 9.17) is 11.6 Å². The van der Waals surface area contributed by atoms with Crippen molar-refractivity contribution >= 4 is 17.5 Å². The van der Waals surface area contributed by atoms with E-state index in [1.54, 1.807) is 0 Å². The van der Waals surface area contributed by atoms with Crippen LogP contribution in [0, 0.1) is 13.8 Å². The van der Waals surface area contributed by atoms with Crippen LogP contribution in [0.2, 0.25) is 5.02 Å². The fraction of sp³-hybridized carbons (Fsp3) is 0.304.